The third-order valence-corrected chi connectivity index (χ3v) is 10.4. The molecule has 0 aliphatic carbocycles. The van der Waals surface area contributed by atoms with E-state index in [2.05, 4.69) is 38.2 Å². The number of carboxylic acid groups (broad SMARTS) is 1. The summed E-state index contributed by atoms with van der Waals surface area (Å²) in [5, 5.41) is 8.89. The molecule has 318 valence electrons. The molecule has 0 aromatic rings. The van der Waals surface area contributed by atoms with E-state index in [1.807, 2.05) is 0 Å². The first-order chi connectivity index (χ1) is 26.2. The van der Waals surface area contributed by atoms with Gasteiger partial charge in [-0.05, 0) is 44.9 Å². The van der Waals surface area contributed by atoms with Crippen LogP contribution >= 0.6 is 7.82 Å². The van der Waals surface area contributed by atoms with E-state index in [1.54, 1.807) is 0 Å². The lowest BCUT2D eigenvalue weighted by molar-refractivity contribution is -0.154. The lowest BCUT2D eigenvalue weighted by atomic mass is 10.0. The van der Waals surface area contributed by atoms with Gasteiger partial charge in [-0.2, -0.15) is 0 Å². The minimum absolute atomic E-state index is 0.0135. The third kappa shape index (κ3) is 38.7. The van der Waals surface area contributed by atoms with Gasteiger partial charge in [0.2, 0.25) is 0 Å². The number of carboxylic acids is 1. The number of esters is 1. The highest BCUT2D eigenvalue weighted by Gasteiger charge is 2.27. The monoisotopic (exact) mass is 788 g/mol. The zero-order chi connectivity index (χ0) is 39.8. The fraction of sp³-hybridized carbons (Fsp3) is 0.860. The molecule has 0 spiro atoms. The van der Waals surface area contributed by atoms with Crippen molar-refractivity contribution in [3.8, 4) is 0 Å². The average Bonchev–Trinajstić information content (AvgIpc) is 3.15. The largest absolute Gasteiger partial charge is 0.480 e. The number of ether oxygens (including phenoxy) is 2. The van der Waals surface area contributed by atoms with E-state index >= 15 is 0 Å². The minimum atomic E-state index is -4.61. The van der Waals surface area contributed by atoms with Crippen LogP contribution in [0, 0.1) is 0 Å². The highest BCUT2D eigenvalue weighted by Crippen LogP contribution is 2.43. The maximum absolute atomic E-state index is 12.6. The van der Waals surface area contributed by atoms with Crippen molar-refractivity contribution in [2.24, 2.45) is 5.73 Å². The smallest absolute Gasteiger partial charge is 0.472 e. The van der Waals surface area contributed by atoms with Crippen LogP contribution < -0.4 is 5.73 Å². The summed E-state index contributed by atoms with van der Waals surface area (Å²) in [4.78, 5) is 33.5. The van der Waals surface area contributed by atoms with Gasteiger partial charge in [-0.25, -0.2) is 4.57 Å². The maximum Gasteiger partial charge on any atom is 0.472 e. The van der Waals surface area contributed by atoms with Gasteiger partial charge in [0.25, 0.3) is 0 Å². The second-order valence-electron chi connectivity index (χ2n) is 14.8. The van der Waals surface area contributed by atoms with Crippen LogP contribution in [0.3, 0.4) is 0 Å². The zero-order valence-corrected chi connectivity index (χ0v) is 35.5. The summed E-state index contributed by atoms with van der Waals surface area (Å²) in [6.07, 6.45) is 42.2. The van der Waals surface area contributed by atoms with Crippen LogP contribution in [-0.4, -0.2) is 60.5 Å². The first-order valence-corrected chi connectivity index (χ1v) is 23.4. The van der Waals surface area contributed by atoms with Crippen LogP contribution in [0.1, 0.15) is 200 Å². The van der Waals surface area contributed by atoms with Crippen molar-refractivity contribution in [3.63, 3.8) is 0 Å². The van der Waals surface area contributed by atoms with E-state index in [0.29, 0.717) is 13.0 Å². The predicted molar refractivity (Wildman–Crippen MR) is 222 cm³/mol. The molecule has 0 heterocycles. The number of hydrogen-bond donors (Lipinski definition) is 3. The second kappa shape index (κ2) is 39.7. The van der Waals surface area contributed by atoms with Crippen LogP contribution in [-0.2, 0) is 32.7 Å². The Hall–Kier alpha value is -1.55. The molecular weight excluding hydrogens is 705 g/mol. The van der Waals surface area contributed by atoms with Crippen molar-refractivity contribution in [2.75, 3.05) is 26.4 Å². The van der Waals surface area contributed by atoms with Crippen molar-refractivity contribution >= 4 is 19.8 Å². The summed E-state index contributed by atoms with van der Waals surface area (Å²) in [6, 6.07) is -1.47. The molecule has 0 aliphatic heterocycles. The van der Waals surface area contributed by atoms with Crippen LogP contribution in [0.4, 0.5) is 0 Å². The van der Waals surface area contributed by atoms with Gasteiger partial charge in [0, 0.05) is 13.0 Å². The Kier molecular flexibility index (Phi) is 38.5. The lowest BCUT2D eigenvalue weighted by Gasteiger charge is -2.20. The summed E-state index contributed by atoms with van der Waals surface area (Å²) in [7, 11) is -4.61. The first kappa shape index (κ1) is 52.5. The topological polar surface area (TPSA) is 155 Å². The molecule has 11 heteroatoms. The molecule has 0 saturated carbocycles. The maximum atomic E-state index is 12.6. The molecule has 0 saturated heterocycles. The fourth-order valence-corrected chi connectivity index (χ4v) is 6.82. The van der Waals surface area contributed by atoms with Crippen molar-refractivity contribution in [3.05, 3.63) is 24.3 Å². The average molecular weight is 788 g/mol. The van der Waals surface area contributed by atoms with Gasteiger partial charge in [0.05, 0.1) is 19.8 Å². The summed E-state index contributed by atoms with van der Waals surface area (Å²) in [5.41, 5.74) is 5.35. The Morgan fingerprint density at radius 2 is 1.02 bits per heavy atom. The number of nitrogens with two attached hydrogens (primary N) is 1. The van der Waals surface area contributed by atoms with E-state index in [-0.39, 0.29) is 13.0 Å². The molecule has 3 unspecified atom stereocenters. The first-order valence-electron chi connectivity index (χ1n) is 21.9. The second-order valence-corrected chi connectivity index (χ2v) is 16.3. The number of carbonyl (C=O) groups is 2. The highest BCUT2D eigenvalue weighted by molar-refractivity contribution is 7.47. The molecule has 0 aromatic heterocycles. The quantitative estimate of drug-likeness (QED) is 0.0236. The molecule has 0 aliphatic rings. The number of phosphoric acid groups is 1. The Labute approximate surface area is 330 Å². The fourth-order valence-electron chi connectivity index (χ4n) is 6.05. The molecule has 0 fully saturated rings. The van der Waals surface area contributed by atoms with Crippen molar-refractivity contribution in [1.29, 1.82) is 0 Å². The van der Waals surface area contributed by atoms with Crippen molar-refractivity contribution in [2.45, 2.75) is 212 Å². The number of carbonyl (C=O) groups excluding carboxylic acids is 1. The van der Waals surface area contributed by atoms with E-state index in [4.69, 9.17) is 29.4 Å². The van der Waals surface area contributed by atoms with Gasteiger partial charge in [-0.1, -0.05) is 173 Å². The van der Waals surface area contributed by atoms with E-state index in [9.17, 15) is 19.0 Å². The molecule has 0 radical (unpaired) electrons. The number of hydrogen-bond acceptors (Lipinski definition) is 8. The molecule has 0 amide bonds. The van der Waals surface area contributed by atoms with Gasteiger partial charge >= 0.3 is 19.8 Å². The number of rotatable bonds is 42. The molecule has 10 nitrogen and oxygen atoms in total. The van der Waals surface area contributed by atoms with E-state index < -0.39 is 45.1 Å². The Morgan fingerprint density at radius 3 is 1.54 bits per heavy atom. The predicted octanol–water partition coefficient (Wildman–Crippen LogP) is 11.9. The Bertz CT molecular complexity index is 961. The Balaban J connectivity index is 4.23. The SMILES string of the molecule is CCCCC/C=C\C/C=C\CCCCCCCCOCC(COP(=O)(O)OCC(N)C(=O)O)OC(=O)CCCCCCCCCCCCCCCCCC. The van der Waals surface area contributed by atoms with Crippen LogP contribution in [0.25, 0.3) is 0 Å². The van der Waals surface area contributed by atoms with Gasteiger partial charge in [0.15, 0.2) is 0 Å². The van der Waals surface area contributed by atoms with Gasteiger partial charge in [-0.15, -0.1) is 0 Å². The molecule has 0 bridgehead atoms. The van der Waals surface area contributed by atoms with Gasteiger partial charge in [0.1, 0.15) is 12.1 Å². The van der Waals surface area contributed by atoms with Crippen LogP contribution in [0.5, 0.6) is 0 Å². The number of phosphoric ester groups is 1. The van der Waals surface area contributed by atoms with Crippen molar-refractivity contribution < 1.29 is 42.7 Å². The van der Waals surface area contributed by atoms with Crippen LogP contribution in [0.15, 0.2) is 24.3 Å². The summed E-state index contributed by atoms with van der Waals surface area (Å²) < 4.78 is 33.3. The molecule has 3 atom stereocenters. The number of aliphatic carboxylic acids is 1. The summed E-state index contributed by atoms with van der Waals surface area (Å²) in [6.45, 7) is 3.85. The summed E-state index contributed by atoms with van der Waals surface area (Å²) >= 11 is 0. The lowest BCUT2D eigenvalue weighted by Crippen LogP contribution is -2.34. The molecule has 0 rings (SSSR count). The third-order valence-electron chi connectivity index (χ3n) is 9.48. The highest BCUT2D eigenvalue weighted by atomic mass is 31.2. The molecular formula is C43H82NO9P. The minimum Gasteiger partial charge on any atom is -0.480 e. The standard InChI is InChI=1S/C43H82NO9P/c1-3-5-7-9-11-13-15-17-19-21-23-25-27-29-31-33-35-42(45)53-40(38-51-54(48,49)52-39-41(44)43(46)47)37-50-36-34-32-30-28-26-24-22-20-18-16-14-12-10-8-6-4-2/h12,14,18,20,40-41H,3-11,13,15-17,19,21-39,44H2,1-2H3,(H,46,47)(H,48,49)/b14-12-,20-18-. The number of allylic oxidation sites excluding steroid dienone is 4. The molecule has 4 N–H and O–H groups in total. The van der Waals surface area contributed by atoms with Crippen LogP contribution in [0.2, 0.25) is 0 Å². The normalized spacial score (nSPS) is 14.1. The van der Waals surface area contributed by atoms with Gasteiger partial charge < -0.3 is 25.2 Å². The molecule has 54 heavy (non-hydrogen) atoms. The summed E-state index contributed by atoms with van der Waals surface area (Å²) in [5.74, 6) is -1.78. The Morgan fingerprint density at radius 1 is 0.593 bits per heavy atom. The zero-order valence-electron chi connectivity index (χ0n) is 34.6. The van der Waals surface area contributed by atoms with Crippen molar-refractivity contribution in [1.82, 2.24) is 0 Å². The molecule has 0 aromatic carbocycles. The number of unbranched alkanes of at least 4 members (excludes halogenated alkanes) is 24. The van der Waals surface area contributed by atoms with E-state index in [1.165, 1.54) is 128 Å². The van der Waals surface area contributed by atoms with Gasteiger partial charge in [-0.3, -0.25) is 18.6 Å². The van der Waals surface area contributed by atoms with E-state index in [0.717, 1.165) is 44.9 Å².